The number of nitrogens with zero attached hydrogens (tertiary/aromatic N) is 1. The van der Waals surface area contributed by atoms with Crippen molar-refractivity contribution in [1.82, 2.24) is 4.90 Å². The third-order valence-electron chi connectivity index (χ3n) is 3.43. The van der Waals surface area contributed by atoms with E-state index in [0.717, 1.165) is 12.8 Å². The molecule has 0 bridgehead atoms. The molecule has 1 aliphatic heterocycles. The van der Waals surface area contributed by atoms with Crippen molar-refractivity contribution in [3.8, 4) is 0 Å². The Bertz CT molecular complexity index is 289. The van der Waals surface area contributed by atoms with Crippen LogP contribution in [-0.4, -0.2) is 39.6 Å². The molecule has 0 unspecified atom stereocenters. The van der Waals surface area contributed by atoms with Crippen LogP contribution in [0.5, 0.6) is 0 Å². The number of aliphatic carboxylic acids is 1. The number of carbonyl (C=O) groups is 2. The molecule has 0 radical (unpaired) electrons. The largest absolute Gasteiger partial charge is 0.480 e. The number of hydrogen-bond donors (Lipinski definition) is 1. The summed E-state index contributed by atoms with van der Waals surface area (Å²) in [4.78, 5) is 24.4. The number of carboxylic acid groups (broad SMARTS) is 1. The monoisotopic (exact) mass is 243 g/mol. The van der Waals surface area contributed by atoms with Crippen molar-refractivity contribution in [1.29, 1.82) is 0 Å². The van der Waals surface area contributed by atoms with Gasteiger partial charge in [0.15, 0.2) is 0 Å². The molecule has 90 valence electrons. The van der Waals surface area contributed by atoms with E-state index >= 15 is 0 Å². The van der Waals surface area contributed by atoms with Gasteiger partial charge in [0.2, 0.25) is 5.91 Å². The van der Waals surface area contributed by atoms with Gasteiger partial charge in [-0.2, -0.15) is 0 Å². The molecule has 1 N–H and O–H groups in total. The van der Waals surface area contributed by atoms with E-state index in [2.05, 4.69) is 0 Å². The Balaban J connectivity index is 1.90. The first kappa shape index (κ1) is 11.8. The summed E-state index contributed by atoms with van der Waals surface area (Å²) in [6.07, 6.45) is 5.24. The first-order chi connectivity index (χ1) is 7.68. The minimum Gasteiger partial charge on any atom is -0.480 e. The van der Waals surface area contributed by atoms with E-state index in [-0.39, 0.29) is 5.91 Å². The van der Waals surface area contributed by atoms with Gasteiger partial charge in [-0.25, -0.2) is 4.79 Å². The van der Waals surface area contributed by atoms with Crippen molar-refractivity contribution in [3.63, 3.8) is 0 Å². The van der Waals surface area contributed by atoms with Crippen LogP contribution >= 0.6 is 11.8 Å². The fraction of sp³-hybridized carbons (Fsp3) is 0.818. The average molecular weight is 243 g/mol. The number of carbonyl (C=O) groups excluding carboxylic acids is 1. The molecule has 2 aliphatic rings. The fourth-order valence-corrected chi connectivity index (χ4v) is 3.64. The molecule has 16 heavy (non-hydrogen) atoms. The van der Waals surface area contributed by atoms with Crippen LogP contribution in [0.15, 0.2) is 0 Å². The third-order valence-corrected chi connectivity index (χ3v) is 4.44. The molecule has 1 amide bonds. The molecular formula is C11H17NO3S. The van der Waals surface area contributed by atoms with Gasteiger partial charge in [0.25, 0.3) is 0 Å². The zero-order valence-corrected chi connectivity index (χ0v) is 10.0. The van der Waals surface area contributed by atoms with E-state index < -0.39 is 12.0 Å². The molecule has 1 aliphatic carbocycles. The summed E-state index contributed by atoms with van der Waals surface area (Å²) >= 11 is 1.53. The number of rotatable bonds is 3. The van der Waals surface area contributed by atoms with E-state index in [9.17, 15) is 9.59 Å². The summed E-state index contributed by atoms with van der Waals surface area (Å²) < 4.78 is 0. The van der Waals surface area contributed by atoms with Gasteiger partial charge in [-0.05, 0) is 18.8 Å². The van der Waals surface area contributed by atoms with Gasteiger partial charge in [0, 0.05) is 12.2 Å². The number of thioether (sulfide) groups is 1. The SMILES string of the molecule is O=C(O)[C@@H]1CSCN1C(=O)CC1CCCC1. The second kappa shape index (κ2) is 5.08. The molecule has 1 atom stereocenters. The van der Waals surface area contributed by atoms with Gasteiger partial charge >= 0.3 is 5.97 Å². The standard InChI is InChI=1S/C11H17NO3S/c13-10(5-8-3-1-2-4-8)12-7-16-6-9(12)11(14)15/h8-9H,1-7H2,(H,14,15)/t9-/m0/s1. The van der Waals surface area contributed by atoms with Crippen molar-refractivity contribution in [2.45, 2.75) is 38.1 Å². The maximum atomic E-state index is 12.0. The first-order valence-corrected chi connectivity index (χ1v) is 6.94. The predicted octanol–water partition coefficient (Wildman–Crippen LogP) is 1.55. The van der Waals surface area contributed by atoms with Gasteiger partial charge < -0.3 is 10.0 Å². The van der Waals surface area contributed by atoms with Crippen molar-refractivity contribution in [2.24, 2.45) is 5.92 Å². The Morgan fingerprint density at radius 1 is 1.31 bits per heavy atom. The molecule has 0 aromatic rings. The molecule has 4 nitrogen and oxygen atoms in total. The summed E-state index contributed by atoms with van der Waals surface area (Å²) in [7, 11) is 0. The van der Waals surface area contributed by atoms with Gasteiger partial charge in [0.05, 0.1) is 5.88 Å². The highest BCUT2D eigenvalue weighted by Gasteiger charge is 2.35. The maximum absolute atomic E-state index is 12.0. The van der Waals surface area contributed by atoms with E-state index in [1.54, 1.807) is 0 Å². The highest BCUT2D eigenvalue weighted by Crippen LogP contribution is 2.30. The second-order valence-electron chi connectivity index (χ2n) is 4.57. The van der Waals surface area contributed by atoms with Crippen molar-refractivity contribution in [3.05, 3.63) is 0 Å². The van der Waals surface area contributed by atoms with Gasteiger partial charge in [0.1, 0.15) is 6.04 Å². The minimum absolute atomic E-state index is 0.0318. The summed E-state index contributed by atoms with van der Waals surface area (Å²) in [5, 5.41) is 8.99. The normalized spacial score (nSPS) is 26.2. The number of amides is 1. The summed E-state index contributed by atoms with van der Waals surface area (Å²) in [5.74, 6) is 0.732. The Hall–Kier alpha value is -0.710. The lowest BCUT2D eigenvalue weighted by Crippen LogP contribution is -2.42. The van der Waals surface area contributed by atoms with E-state index in [1.807, 2.05) is 0 Å². The van der Waals surface area contributed by atoms with Crippen LogP contribution in [0.2, 0.25) is 0 Å². The van der Waals surface area contributed by atoms with Crippen LogP contribution in [0.4, 0.5) is 0 Å². The first-order valence-electron chi connectivity index (χ1n) is 5.78. The van der Waals surface area contributed by atoms with E-state index in [1.165, 1.54) is 29.5 Å². The molecule has 1 heterocycles. The van der Waals surface area contributed by atoms with Crippen LogP contribution in [0.1, 0.15) is 32.1 Å². The van der Waals surface area contributed by atoms with E-state index in [0.29, 0.717) is 24.0 Å². The van der Waals surface area contributed by atoms with Crippen molar-refractivity contribution < 1.29 is 14.7 Å². The molecule has 2 fully saturated rings. The van der Waals surface area contributed by atoms with Crippen molar-refractivity contribution >= 4 is 23.6 Å². The fourth-order valence-electron chi connectivity index (χ4n) is 2.47. The molecule has 1 saturated heterocycles. The Morgan fingerprint density at radius 3 is 2.62 bits per heavy atom. The zero-order valence-electron chi connectivity index (χ0n) is 9.22. The van der Waals surface area contributed by atoms with Crippen molar-refractivity contribution in [2.75, 3.05) is 11.6 Å². The lowest BCUT2D eigenvalue weighted by atomic mass is 10.0. The lowest BCUT2D eigenvalue weighted by Gasteiger charge is -2.22. The Labute approximate surface area is 99.4 Å². The molecule has 0 spiro atoms. The molecule has 5 heteroatoms. The van der Waals surface area contributed by atoms with Gasteiger partial charge in [-0.1, -0.05) is 12.8 Å². The Morgan fingerprint density at radius 2 is 2.00 bits per heavy atom. The summed E-state index contributed by atoms with van der Waals surface area (Å²) in [6.45, 7) is 0. The predicted molar refractivity (Wildman–Crippen MR) is 62.2 cm³/mol. The van der Waals surface area contributed by atoms with Crippen LogP contribution in [0.3, 0.4) is 0 Å². The summed E-state index contributed by atoms with van der Waals surface area (Å²) in [6, 6.07) is -0.598. The second-order valence-corrected chi connectivity index (χ2v) is 5.57. The third kappa shape index (κ3) is 2.51. The zero-order chi connectivity index (χ0) is 11.5. The quantitative estimate of drug-likeness (QED) is 0.817. The molecular weight excluding hydrogens is 226 g/mol. The molecule has 2 rings (SSSR count). The molecule has 1 saturated carbocycles. The highest BCUT2D eigenvalue weighted by molar-refractivity contribution is 7.99. The number of carboxylic acids is 1. The Kier molecular flexibility index (Phi) is 3.74. The topological polar surface area (TPSA) is 57.6 Å². The highest BCUT2D eigenvalue weighted by atomic mass is 32.2. The number of hydrogen-bond acceptors (Lipinski definition) is 3. The van der Waals surface area contributed by atoms with Crippen LogP contribution in [0, 0.1) is 5.92 Å². The molecule has 0 aromatic carbocycles. The minimum atomic E-state index is -0.871. The lowest BCUT2D eigenvalue weighted by molar-refractivity contribution is -0.148. The van der Waals surface area contributed by atoms with Crippen LogP contribution < -0.4 is 0 Å². The maximum Gasteiger partial charge on any atom is 0.327 e. The van der Waals surface area contributed by atoms with E-state index in [4.69, 9.17) is 5.11 Å². The van der Waals surface area contributed by atoms with Gasteiger partial charge in [-0.3, -0.25) is 4.79 Å². The van der Waals surface area contributed by atoms with Crippen LogP contribution in [0.25, 0.3) is 0 Å². The summed E-state index contributed by atoms with van der Waals surface area (Å²) in [5.41, 5.74) is 0. The smallest absolute Gasteiger partial charge is 0.327 e. The van der Waals surface area contributed by atoms with Crippen LogP contribution in [-0.2, 0) is 9.59 Å². The molecule has 0 aromatic heterocycles. The average Bonchev–Trinajstić information content (AvgIpc) is 2.86. The van der Waals surface area contributed by atoms with Gasteiger partial charge in [-0.15, -0.1) is 11.8 Å².